The molecule has 1 saturated heterocycles. The smallest absolute Gasteiger partial charge is 0.399 e. The van der Waals surface area contributed by atoms with Crippen molar-refractivity contribution in [3.05, 3.63) is 47.9 Å². The van der Waals surface area contributed by atoms with Gasteiger partial charge in [-0.1, -0.05) is 35.9 Å². The van der Waals surface area contributed by atoms with Gasteiger partial charge < -0.3 is 14.3 Å². The number of nitrogens with one attached hydrogen (secondary N) is 1. The molecule has 4 rings (SSSR count). The van der Waals surface area contributed by atoms with Crippen LogP contribution in [0.3, 0.4) is 0 Å². The third-order valence-electron chi connectivity index (χ3n) is 6.03. The Morgan fingerprint density at radius 1 is 1.08 bits per heavy atom. The quantitative estimate of drug-likeness (QED) is 0.667. The molecule has 5 heteroatoms. The highest BCUT2D eigenvalue weighted by molar-refractivity contribution is 6.62. The number of imidazole rings is 1. The largest absolute Gasteiger partial charge is 0.494 e. The first-order valence-corrected chi connectivity index (χ1v) is 9.43. The van der Waals surface area contributed by atoms with Crippen LogP contribution in [0.25, 0.3) is 11.3 Å². The predicted molar refractivity (Wildman–Crippen MR) is 105 cm³/mol. The average Bonchev–Trinajstić information content (AvgIpc) is 3.26. The molecule has 136 valence electrons. The van der Waals surface area contributed by atoms with Gasteiger partial charge in [0.2, 0.25) is 0 Å². The van der Waals surface area contributed by atoms with E-state index >= 15 is 0 Å². The number of aromatic amines is 1. The zero-order chi connectivity index (χ0) is 18.5. The SMILES string of the molecule is CC1=C[C@@H](c2ncc(-c3ccc(B4OC(C)(C)C(C)(C)O4)cc3)[nH]2)CC1. The predicted octanol–water partition coefficient (Wildman–Crippen LogP) is 4.20. The fraction of sp³-hybridized carbons (Fsp3) is 0.476. The lowest BCUT2D eigenvalue weighted by Crippen LogP contribution is -2.41. The van der Waals surface area contributed by atoms with Crippen molar-refractivity contribution >= 4 is 12.6 Å². The normalized spacial score (nSPS) is 24.1. The maximum absolute atomic E-state index is 6.13. The standard InChI is InChI=1S/C21H27BN2O2/c1-14-6-7-16(12-14)19-23-13-18(24-19)15-8-10-17(11-9-15)22-25-20(2,3)21(4,5)26-22/h8-13,16H,6-7H2,1-5H3,(H,23,24)/t16-/m0/s1. The van der Waals surface area contributed by atoms with Crippen LogP contribution in [0.2, 0.25) is 0 Å². The first-order valence-electron chi connectivity index (χ1n) is 9.43. The second-order valence-electron chi connectivity index (χ2n) is 8.55. The van der Waals surface area contributed by atoms with Gasteiger partial charge in [-0.2, -0.15) is 0 Å². The van der Waals surface area contributed by atoms with Gasteiger partial charge in [0, 0.05) is 5.92 Å². The lowest BCUT2D eigenvalue weighted by molar-refractivity contribution is 0.00578. The van der Waals surface area contributed by atoms with Gasteiger partial charge in [-0.15, -0.1) is 0 Å². The summed E-state index contributed by atoms with van der Waals surface area (Å²) in [4.78, 5) is 8.09. The maximum Gasteiger partial charge on any atom is 0.494 e. The van der Waals surface area contributed by atoms with E-state index in [1.807, 2.05) is 6.20 Å². The van der Waals surface area contributed by atoms with Crippen LogP contribution in [0.15, 0.2) is 42.1 Å². The van der Waals surface area contributed by atoms with E-state index in [-0.39, 0.29) is 18.3 Å². The van der Waals surface area contributed by atoms with E-state index in [1.54, 1.807) is 0 Å². The van der Waals surface area contributed by atoms with Gasteiger partial charge in [0.05, 0.1) is 23.1 Å². The molecular weight excluding hydrogens is 323 g/mol. The van der Waals surface area contributed by atoms with E-state index in [1.165, 1.54) is 12.0 Å². The molecule has 0 spiro atoms. The van der Waals surface area contributed by atoms with Crippen LogP contribution in [0.4, 0.5) is 0 Å². The Hall–Kier alpha value is -1.85. The van der Waals surface area contributed by atoms with Crippen molar-refractivity contribution in [3.63, 3.8) is 0 Å². The second kappa shape index (κ2) is 6.10. The van der Waals surface area contributed by atoms with E-state index in [0.29, 0.717) is 5.92 Å². The number of benzene rings is 1. The zero-order valence-electron chi connectivity index (χ0n) is 16.3. The molecule has 2 aliphatic rings. The average molecular weight is 350 g/mol. The van der Waals surface area contributed by atoms with E-state index in [2.05, 4.69) is 74.9 Å². The Balaban J connectivity index is 1.51. The molecule has 1 aromatic heterocycles. The molecule has 1 aromatic carbocycles. The highest BCUT2D eigenvalue weighted by atomic mass is 16.7. The summed E-state index contributed by atoms with van der Waals surface area (Å²) in [6, 6.07) is 8.37. The van der Waals surface area contributed by atoms with Crippen LogP contribution in [-0.2, 0) is 9.31 Å². The number of rotatable bonds is 3. The Morgan fingerprint density at radius 2 is 1.73 bits per heavy atom. The van der Waals surface area contributed by atoms with E-state index in [0.717, 1.165) is 29.0 Å². The number of hydrogen-bond acceptors (Lipinski definition) is 3. The van der Waals surface area contributed by atoms with E-state index in [9.17, 15) is 0 Å². The molecule has 0 bridgehead atoms. The topological polar surface area (TPSA) is 47.1 Å². The Kier molecular flexibility index (Phi) is 4.12. The number of H-pyrrole nitrogens is 1. The van der Waals surface area contributed by atoms with Crippen molar-refractivity contribution in [1.82, 2.24) is 9.97 Å². The molecule has 1 aliphatic heterocycles. The summed E-state index contributed by atoms with van der Waals surface area (Å²) in [6.45, 7) is 10.5. The highest BCUT2D eigenvalue weighted by Gasteiger charge is 2.51. The van der Waals surface area contributed by atoms with Crippen LogP contribution >= 0.6 is 0 Å². The van der Waals surface area contributed by atoms with E-state index in [4.69, 9.17) is 9.31 Å². The fourth-order valence-electron chi connectivity index (χ4n) is 3.58. The van der Waals surface area contributed by atoms with Crippen LogP contribution in [0, 0.1) is 0 Å². The molecule has 1 aliphatic carbocycles. The lowest BCUT2D eigenvalue weighted by Gasteiger charge is -2.32. The number of allylic oxidation sites excluding steroid dienone is 2. The summed E-state index contributed by atoms with van der Waals surface area (Å²) in [7, 11) is -0.321. The molecule has 26 heavy (non-hydrogen) atoms. The van der Waals surface area contributed by atoms with Crippen molar-refractivity contribution in [3.8, 4) is 11.3 Å². The van der Waals surface area contributed by atoms with Crippen LogP contribution in [0.1, 0.15) is 59.2 Å². The van der Waals surface area contributed by atoms with Gasteiger partial charge >= 0.3 is 7.12 Å². The molecule has 0 saturated carbocycles. The van der Waals surface area contributed by atoms with Gasteiger partial charge in [-0.3, -0.25) is 0 Å². The van der Waals surface area contributed by atoms with Crippen LogP contribution in [0.5, 0.6) is 0 Å². The monoisotopic (exact) mass is 350 g/mol. The number of aromatic nitrogens is 2. The van der Waals surface area contributed by atoms with Crippen molar-refractivity contribution in [2.75, 3.05) is 0 Å². The first kappa shape index (κ1) is 17.6. The minimum atomic E-state index is -0.321. The number of hydrogen-bond donors (Lipinski definition) is 1. The summed E-state index contributed by atoms with van der Waals surface area (Å²) in [5.74, 6) is 1.49. The lowest BCUT2D eigenvalue weighted by atomic mass is 9.79. The molecule has 4 nitrogen and oxygen atoms in total. The third kappa shape index (κ3) is 3.04. The summed E-state index contributed by atoms with van der Waals surface area (Å²) < 4.78 is 12.3. The van der Waals surface area contributed by atoms with Gasteiger partial charge in [-0.25, -0.2) is 4.98 Å². The molecule has 1 fully saturated rings. The Bertz CT molecular complexity index is 820. The zero-order valence-corrected chi connectivity index (χ0v) is 16.3. The molecule has 1 N–H and O–H groups in total. The molecular formula is C21H27BN2O2. The molecule has 0 radical (unpaired) electrons. The van der Waals surface area contributed by atoms with Gasteiger partial charge in [0.15, 0.2) is 0 Å². The van der Waals surface area contributed by atoms with Crippen molar-refractivity contribution in [1.29, 1.82) is 0 Å². The minimum absolute atomic E-state index is 0.318. The molecule has 0 unspecified atom stereocenters. The van der Waals surface area contributed by atoms with Gasteiger partial charge in [0.1, 0.15) is 5.82 Å². The van der Waals surface area contributed by atoms with Gasteiger partial charge in [-0.05, 0) is 58.5 Å². The molecule has 2 aromatic rings. The Labute approximate surface area is 156 Å². The highest BCUT2D eigenvalue weighted by Crippen LogP contribution is 2.36. The van der Waals surface area contributed by atoms with Crippen molar-refractivity contribution in [2.24, 2.45) is 0 Å². The van der Waals surface area contributed by atoms with Crippen LogP contribution < -0.4 is 5.46 Å². The molecule has 1 atom stereocenters. The summed E-state index contributed by atoms with van der Waals surface area (Å²) in [5.41, 5.74) is 4.05. The fourth-order valence-corrected chi connectivity index (χ4v) is 3.58. The first-order chi connectivity index (χ1) is 12.2. The Morgan fingerprint density at radius 3 is 2.31 bits per heavy atom. The second-order valence-corrected chi connectivity index (χ2v) is 8.55. The maximum atomic E-state index is 6.13. The summed E-state index contributed by atoms with van der Waals surface area (Å²) >= 11 is 0. The van der Waals surface area contributed by atoms with Crippen molar-refractivity contribution in [2.45, 2.75) is 64.6 Å². The summed E-state index contributed by atoms with van der Waals surface area (Å²) in [6.07, 6.45) is 6.58. The number of nitrogens with zero attached hydrogens (tertiary/aromatic N) is 1. The van der Waals surface area contributed by atoms with Gasteiger partial charge in [0.25, 0.3) is 0 Å². The minimum Gasteiger partial charge on any atom is -0.399 e. The molecule has 0 amide bonds. The summed E-state index contributed by atoms with van der Waals surface area (Å²) in [5, 5.41) is 0. The van der Waals surface area contributed by atoms with Crippen molar-refractivity contribution < 1.29 is 9.31 Å². The van der Waals surface area contributed by atoms with Crippen LogP contribution in [-0.4, -0.2) is 28.3 Å². The molecule has 2 heterocycles. The van der Waals surface area contributed by atoms with E-state index < -0.39 is 0 Å². The third-order valence-corrected chi connectivity index (χ3v) is 6.03.